The Kier molecular flexibility index (Phi) is 4.69. The Morgan fingerprint density at radius 1 is 1.00 bits per heavy atom. The van der Waals surface area contributed by atoms with E-state index in [4.69, 9.17) is 0 Å². The van der Waals surface area contributed by atoms with E-state index in [1.54, 1.807) is 0 Å². The minimum Gasteiger partial charge on any atom is -0.372 e. The van der Waals surface area contributed by atoms with E-state index in [9.17, 15) is 9.90 Å². The van der Waals surface area contributed by atoms with Gasteiger partial charge in [0, 0.05) is 24.2 Å². The smallest absolute Gasteiger partial charge is 0.261 e. The van der Waals surface area contributed by atoms with E-state index in [0.717, 1.165) is 30.8 Å². The molecule has 0 bridgehead atoms. The Labute approximate surface area is 143 Å². The van der Waals surface area contributed by atoms with Gasteiger partial charge in [0.2, 0.25) is 0 Å². The van der Waals surface area contributed by atoms with Gasteiger partial charge in [-0.15, -0.1) is 0 Å². The standard InChI is InChI=1S/C20H24N2O2/c1-3-22(4-2)14-13-21-19(23)20(24)17-11-7-5-9-15(17)16-10-6-8-12-18(16)20/h5-12,24H,3-4,13-14H2,1-2H3,(H,21,23). The maximum absolute atomic E-state index is 12.9. The lowest BCUT2D eigenvalue weighted by Gasteiger charge is -2.25. The van der Waals surface area contributed by atoms with Gasteiger partial charge in [0.25, 0.3) is 5.91 Å². The summed E-state index contributed by atoms with van der Waals surface area (Å²) in [6, 6.07) is 15.2. The summed E-state index contributed by atoms with van der Waals surface area (Å²) in [5.74, 6) is -0.355. The van der Waals surface area contributed by atoms with Crippen LogP contribution in [0.5, 0.6) is 0 Å². The van der Waals surface area contributed by atoms with Crippen molar-refractivity contribution in [2.24, 2.45) is 0 Å². The predicted octanol–water partition coefficient (Wildman–Crippen LogP) is 2.36. The second kappa shape index (κ2) is 6.75. The van der Waals surface area contributed by atoms with Crippen LogP contribution in [0.4, 0.5) is 0 Å². The van der Waals surface area contributed by atoms with Gasteiger partial charge in [0.05, 0.1) is 0 Å². The van der Waals surface area contributed by atoms with Gasteiger partial charge >= 0.3 is 0 Å². The molecule has 4 heteroatoms. The van der Waals surface area contributed by atoms with E-state index in [0.29, 0.717) is 17.7 Å². The zero-order chi connectivity index (χ0) is 17.2. The molecule has 0 saturated heterocycles. The lowest BCUT2D eigenvalue weighted by Crippen LogP contribution is -2.46. The SMILES string of the molecule is CCN(CC)CCNC(=O)C1(O)c2ccccc2-c2ccccc21. The fraction of sp³-hybridized carbons (Fsp3) is 0.350. The average Bonchev–Trinajstić information content (AvgIpc) is 2.90. The van der Waals surface area contributed by atoms with Crippen LogP contribution in [-0.2, 0) is 10.4 Å². The number of nitrogens with zero attached hydrogens (tertiary/aromatic N) is 1. The number of benzene rings is 2. The number of carbonyl (C=O) groups excluding carboxylic acids is 1. The van der Waals surface area contributed by atoms with Crippen molar-refractivity contribution in [3.63, 3.8) is 0 Å². The number of amides is 1. The Balaban J connectivity index is 1.87. The van der Waals surface area contributed by atoms with E-state index in [2.05, 4.69) is 24.1 Å². The number of hydrogen-bond acceptors (Lipinski definition) is 3. The normalized spacial score (nSPS) is 14.3. The minimum atomic E-state index is -1.61. The fourth-order valence-corrected chi connectivity index (χ4v) is 3.45. The fourth-order valence-electron chi connectivity index (χ4n) is 3.45. The highest BCUT2D eigenvalue weighted by molar-refractivity contribution is 5.98. The Bertz CT molecular complexity index is 692. The highest BCUT2D eigenvalue weighted by Crippen LogP contribution is 2.47. The molecule has 1 aliphatic rings. The predicted molar refractivity (Wildman–Crippen MR) is 95.7 cm³/mol. The van der Waals surface area contributed by atoms with Crippen molar-refractivity contribution in [1.29, 1.82) is 0 Å². The number of rotatable bonds is 6. The maximum Gasteiger partial charge on any atom is 0.261 e. The first-order valence-corrected chi connectivity index (χ1v) is 8.55. The lowest BCUT2D eigenvalue weighted by atomic mass is 9.90. The average molecular weight is 324 g/mol. The first-order valence-electron chi connectivity index (χ1n) is 8.55. The van der Waals surface area contributed by atoms with Crippen LogP contribution < -0.4 is 5.32 Å². The van der Waals surface area contributed by atoms with Crippen LogP contribution in [0.3, 0.4) is 0 Å². The van der Waals surface area contributed by atoms with Gasteiger partial charge < -0.3 is 15.3 Å². The van der Waals surface area contributed by atoms with Gasteiger partial charge in [0.1, 0.15) is 0 Å². The third kappa shape index (κ3) is 2.62. The Morgan fingerprint density at radius 2 is 1.50 bits per heavy atom. The van der Waals surface area contributed by atoms with E-state index in [1.165, 1.54) is 0 Å². The van der Waals surface area contributed by atoms with Crippen LogP contribution in [0.25, 0.3) is 11.1 Å². The molecule has 1 amide bonds. The molecule has 1 aliphatic carbocycles. The summed E-state index contributed by atoms with van der Waals surface area (Å²) in [5, 5.41) is 14.2. The molecule has 24 heavy (non-hydrogen) atoms. The highest BCUT2D eigenvalue weighted by Gasteiger charge is 2.47. The molecule has 0 aliphatic heterocycles. The van der Waals surface area contributed by atoms with Crippen molar-refractivity contribution in [3.8, 4) is 11.1 Å². The summed E-state index contributed by atoms with van der Waals surface area (Å²) in [5.41, 5.74) is 1.55. The topological polar surface area (TPSA) is 52.6 Å². The molecule has 0 radical (unpaired) electrons. The number of likely N-dealkylation sites (N-methyl/N-ethyl adjacent to an activating group) is 1. The van der Waals surface area contributed by atoms with Crippen LogP contribution in [0.1, 0.15) is 25.0 Å². The monoisotopic (exact) mass is 324 g/mol. The molecular formula is C20H24N2O2. The molecule has 3 rings (SSSR count). The van der Waals surface area contributed by atoms with Crippen LogP contribution in [-0.4, -0.2) is 42.1 Å². The largest absolute Gasteiger partial charge is 0.372 e. The lowest BCUT2D eigenvalue weighted by molar-refractivity contribution is -0.136. The first kappa shape index (κ1) is 16.7. The number of aliphatic hydroxyl groups is 1. The van der Waals surface area contributed by atoms with Crippen molar-refractivity contribution in [1.82, 2.24) is 10.2 Å². The number of nitrogens with one attached hydrogen (secondary N) is 1. The minimum absolute atomic E-state index is 0.355. The number of fused-ring (bicyclic) bond motifs is 3. The van der Waals surface area contributed by atoms with Gasteiger partial charge in [-0.1, -0.05) is 62.4 Å². The maximum atomic E-state index is 12.9. The van der Waals surface area contributed by atoms with E-state index in [1.807, 2.05) is 48.5 Å². The highest BCUT2D eigenvalue weighted by atomic mass is 16.3. The summed E-state index contributed by atoms with van der Waals surface area (Å²) >= 11 is 0. The van der Waals surface area contributed by atoms with E-state index >= 15 is 0 Å². The van der Waals surface area contributed by atoms with Crippen LogP contribution in [0.15, 0.2) is 48.5 Å². The molecule has 0 fully saturated rings. The Hall–Kier alpha value is -2.17. The number of carbonyl (C=O) groups is 1. The van der Waals surface area contributed by atoms with Crippen molar-refractivity contribution < 1.29 is 9.90 Å². The molecule has 0 unspecified atom stereocenters. The van der Waals surface area contributed by atoms with E-state index in [-0.39, 0.29) is 5.91 Å². The summed E-state index contributed by atoms with van der Waals surface area (Å²) in [7, 11) is 0. The molecule has 4 nitrogen and oxygen atoms in total. The Morgan fingerprint density at radius 3 is 2.00 bits per heavy atom. The van der Waals surface area contributed by atoms with Gasteiger partial charge in [-0.25, -0.2) is 0 Å². The number of hydrogen-bond donors (Lipinski definition) is 2. The second-order valence-electron chi connectivity index (χ2n) is 6.08. The molecule has 0 spiro atoms. The molecule has 126 valence electrons. The molecular weight excluding hydrogens is 300 g/mol. The molecule has 0 heterocycles. The third-order valence-corrected chi connectivity index (χ3v) is 4.86. The van der Waals surface area contributed by atoms with Crippen molar-refractivity contribution in [2.75, 3.05) is 26.2 Å². The van der Waals surface area contributed by atoms with Crippen molar-refractivity contribution in [3.05, 3.63) is 59.7 Å². The summed E-state index contributed by atoms with van der Waals surface area (Å²) in [6.07, 6.45) is 0. The molecule has 0 aromatic heterocycles. The van der Waals surface area contributed by atoms with Gasteiger partial charge in [-0.3, -0.25) is 4.79 Å². The van der Waals surface area contributed by atoms with Gasteiger partial charge in [0.15, 0.2) is 5.60 Å². The zero-order valence-corrected chi connectivity index (χ0v) is 14.2. The summed E-state index contributed by atoms with van der Waals surface area (Å²) < 4.78 is 0. The zero-order valence-electron chi connectivity index (χ0n) is 14.2. The summed E-state index contributed by atoms with van der Waals surface area (Å²) in [6.45, 7) is 7.39. The third-order valence-electron chi connectivity index (χ3n) is 4.86. The molecule has 2 aromatic carbocycles. The van der Waals surface area contributed by atoms with Crippen LogP contribution >= 0.6 is 0 Å². The quantitative estimate of drug-likeness (QED) is 0.858. The molecule has 0 atom stereocenters. The summed E-state index contributed by atoms with van der Waals surface area (Å²) in [4.78, 5) is 15.1. The second-order valence-corrected chi connectivity index (χ2v) is 6.08. The molecule has 2 N–H and O–H groups in total. The molecule has 2 aromatic rings. The van der Waals surface area contributed by atoms with Crippen LogP contribution in [0.2, 0.25) is 0 Å². The molecule has 0 saturated carbocycles. The van der Waals surface area contributed by atoms with E-state index < -0.39 is 5.60 Å². The van der Waals surface area contributed by atoms with Crippen LogP contribution in [0, 0.1) is 0 Å². The first-order chi connectivity index (χ1) is 11.6. The van der Waals surface area contributed by atoms with Crippen molar-refractivity contribution in [2.45, 2.75) is 19.4 Å². The van der Waals surface area contributed by atoms with Gasteiger partial charge in [-0.05, 0) is 24.2 Å². The van der Waals surface area contributed by atoms with Gasteiger partial charge in [-0.2, -0.15) is 0 Å². The van der Waals surface area contributed by atoms with Crippen molar-refractivity contribution >= 4 is 5.91 Å².